The zero-order valence-electron chi connectivity index (χ0n) is 7.21. The van der Waals surface area contributed by atoms with E-state index < -0.39 is 24.3 Å². The Kier molecular flexibility index (Phi) is 2.59. The summed E-state index contributed by atoms with van der Waals surface area (Å²) in [7, 11) is -1.67. The molecule has 0 bridgehead atoms. The Balaban J connectivity index is 3.00. The molecule has 0 aromatic heterocycles. The monoisotopic (exact) mass is 182 g/mol. The molecule has 0 fully saturated rings. The topological polar surface area (TPSA) is 77.8 Å². The number of hydrogen-bond donors (Lipinski definition) is 3. The smallest absolute Gasteiger partial charge is 0.463 e. The molecule has 0 aromatic carbocycles. The summed E-state index contributed by atoms with van der Waals surface area (Å²) in [5.74, 6) is -1.95. The van der Waals surface area contributed by atoms with Gasteiger partial charge in [-0.1, -0.05) is 31.2 Å². The molecule has 0 aromatic rings. The van der Waals surface area contributed by atoms with E-state index in [4.69, 9.17) is 15.2 Å². The molecule has 0 heterocycles. The van der Waals surface area contributed by atoms with Gasteiger partial charge in [-0.3, -0.25) is 4.79 Å². The predicted octanol–water partition coefficient (Wildman–Crippen LogP) is 0.0463. The molecule has 0 saturated heterocycles. The minimum atomic E-state index is -1.67. The van der Waals surface area contributed by atoms with Crippen LogP contribution in [-0.2, 0) is 4.79 Å². The third-order valence-corrected chi connectivity index (χ3v) is 2.36. The van der Waals surface area contributed by atoms with Gasteiger partial charge in [0.05, 0.1) is 5.92 Å². The number of allylic oxidation sites excluding steroid dienone is 3. The third-order valence-electron chi connectivity index (χ3n) is 2.36. The molecule has 2 atom stereocenters. The number of carboxylic acid groups (broad SMARTS) is 1. The highest BCUT2D eigenvalue weighted by atomic mass is 16.4. The van der Waals surface area contributed by atoms with Crippen LogP contribution in [0.5, 0.6) is 0 Å². The number of carbonyl (C=O) groups is 1. The van der Waals surface area contributed by atoms with Crippen LogP contribution >= 0.6 is 0 Å². The van der Waals surface area contributed by atoms with Crippen molar-refractivity contribution in [1.82, 2.24) is 0 Å². The van der Waals surface area contributed by atoms with Gasteiger partial charge in [0.1, 0.15) is 0 Å². The maximum atomic E-state index is 10.8. The normalized spacial score (nSPS) is 31.8. The number of carboxylic acids is 1. The predicted molar refractivity (Wildman–Crippen MR) is 48.0 cm³/mol. The second-order valence-corrected chi connectivity index (χ2v) is 3.30. The lowest BCUT2D eigenvalue weighted by Crippen LogP contribution is -2.39. The Morgan fingerprint density at radius 3 is 2.46 bits per heavy atom. The molecule has 1 rings (SSSR count). The van der Waals surface area contributed by atoms with E-state index in [0.717, 1.165) is 0 Å². The van der Waals surface area contributed by atoms with Gasteiger partial charge in [0.15, 0.2) is 0 Å². The van der Waals surface area contributed by atoms with Crippen LogP contribution < -0.4 is 0 Å². The van der Waals surface area contributed by atoms with Crippen LogP contribution in [0, 0.1) is 5.92 Å². The molecular formula is C8H11BO4. The van der Waals surface area contributed by atoms with Gasteiger partial charge in [-0.2, -0.15) is 0 Å². The van der Waals surface area contributed by atoms with Crippen molar-refractivity contribution in [1.29, 1.82) is 0 Å². The van der Waals surface area contributed by atoms with Crippen LogP contribution in [0.25, 0.3) is 0 Å². The van der Waals surface area contributed by atoms with E-state index in [2.05, 4.69) is 0 Å². The van der Waals surface area contributed by atoms with Crippen molar-refractivity contribution in [3.8, 4) is 0 Å². The first kappa shape index (κ1) is 10.0. The third kappa shape index (κ3) is 1.66. The summed E-state index contributed by atoms with van der Waals surface area (Å²) in [5, 5.41) is 25.8. The molecule has 0 saturated carbocycles. The van der Waals surface area contributed by atoms with Crippen LogP contribution in [0.2, 0.25) is 5.31 Å². The lowest BCUT2D eigenvalue weighted by molar-refractivity contribution is -0.141. The van der Waals surface area contributed by atoms with Crippen LogP contribution in [-0.4, -0.2) is 28.2 Å². The summed E-state index contributed by atoms with van der Waals surface area (Å²) in [6, 6.07) is 0. The van der Waals surface area contributed by atoms with E-state index in [-0.39, 0.29) is 0 Å². The summed E-state index contributed by atoms with van der Waals surface area (Å²) in [4.78, 5) is 10.8. The molecule has 5 heteroatoms. The molecule has 0 aliphatic heterocycles. The van der Waals surface area contributed by atoms with E-state index in [9.17, 15) is 4.79 Å². The quantitative estimate of drug-likeness (QED) is 0.527. The van der Waals surface area contributed by atoms with Crippen molar-refractivity contribution in [2.45, 2.75) is 12.2 Å². The fourth-order valence-corrected chi connectivity index (χ4v) is 1.34. The molecular weight excluding hydrogens is 171 g/mol. The first-order valence-corrected chi connectivity index (χ1v) is 3.93. The van der Waals surface area contributed by atoms with Crippen LogP contribution in [0.1, 0.15) is 6.92 Å². The molecule has 13 heavy (non-hydrogen) atoms. The minimum absolute atomic E-state index is 0.891. The van der Waals surface area contributed by atoms with Crippen molar-refractivity contribution in [3.05, 3.63) is 24.3 Å². The first-order chi connectivity index (χ1) is 5.98. The molecule has 0 spiro atoms. The molecule has 3 N–H and O–H groups in total. The molecule has 1 aliphatic rings. The number of rotatable bonds is 2. The summed E-state index contributed by atoms with van der Waals surface area (Å²) in [6.45, 7) is 1.50. The Hall–Kier alpha value is -1.07. The second kappa shape index (κ2) is 3.36. The van der Waals surface area contributed by atoms with E-state index in [0.29, 0.717) is 0 Å². The van der Waals surface area contributed by atoms with Crippen LogP contribution in [0.3, 0.4) is 0 Å². The zero-order valence-corrected chi connectivity index (χ0v) is 7.21. The maximum Gasteiger partial charge on any atom is 0.463 e. The number of hydrogen-bond acceptors (Lipinski definition) is 3. The molecule has 1 aliphatic carbocycles. The molecule has 4 nitrogen and oxygen atoms in total. The van der Waals surface area contributed by atoms with Gasteiger partial charge in [0.25, 0.3) is 0 Å². The fourth-order valence-electron chi connectivity index (χ4n) is 1.34. The van der Waals surface area contributed by atoms with Gasteiger partial charge in [-0.05, 0) is 0 Å². The van der Waals surface area contributed by atoms with Gasteiger partial charge < -0.3 is 15.2 Å². The Bertz CT molecular complexity index is 271. The first-order valence-electron chi connectivity index (χ1n) is 3.93. The highest BCUT2D eigenvalue weighted by molar-refractivity contribution is 6.47. The summed E-state index contributed by atoms with van der Waals surface area (Å²) >= 11 is 0. The van der Waals surface area contributed by atoms with Crippen molar-refractivity contribution < 1.29 is 19.9 Å². The Morgan fingerprint density at radius 2 is 2.08 bits per heavy atom. The highest BCUT2D eigenvalue weighted by Crippen LogP contribution is 2.41. The van der Waals surface area contributed by atoms with Crippen molar-refractivity contribution in [2.24, 2.45) is 5.92 Å². The van der Waals surface area contributed by atoms with Crippen LogP contribution in [0.15, 0.2) is 24.3 Å². The summed E-state index contributed by atoms with van der Waals surface area (Å²) < 4.78 is 0. The Labute approximate surface area is 76.3 Å². The molecule has 2 unspecified atom stereocenters. The second-order valence-electron chi connectivity index (χ2n) is 3.30. The SMILES string of the molecule is CC1(B(O)O)C=CC=CC1C(=O)O. The Morgan fingerprint density at radius 1 is 1.46 bits per heavy atom. The van der Waals surface area contributed by atoms with Crippen LogP contribution in [0.4, 0.5) is 0 Å². The van der Waals surface area contributed by atoms with Crippen molar-refractivity contribution in [3.63, 3.8) is 0 Å². The largest absolute Gasteiger partial charge is 0.481 e. The van der Waals surface area contributed by atoms with Gasteiger partial charge >= 0.3 is 13.1 Å². The van der Waals surface area contributed by atoms with E-state index in [1.54, 1.807) is 12.2 Å². The van der Waals surface area contributed by atoms with E-state index in [1.165, 1.54) is 19.1 Å². The van der Waals surface area contributed by atoms with E-state index >= 15 is 0 Å². The van der Waals surface area contributed by atoms with Crippen molar-refractivity contribution in [2.75, 3.05) is 0 Å². The average molecular weight is 182 g/mol. The molecule has 0 radical (unpaired) electrons. The highest BCUT2D eigenvalue weighted by Gasteiger charge is 2.45. The summed E-state index contributed by atoms with van der Waals surface area (Å²) in [5.41, 5.74) is 0. The van der Waals surface area contributed by atoms with Gasteiger partial charge in [0.2, 0.25) is 0 Å². The van der Waals surface area contributed by atoms with Gasteiger partial charge in [0, 0.05) is 5.31 Å². The average Bonchev–Trinajstić information content (AvgIpc) is 2.04. The summed E-state index contributed by atoms with van der Waals surface area (Å²) in [6.07, 6.45) is 6.14. The standard InChI is InChI=1S/C8H11BO4/c1-8(9(12)13)5-3-2-4-6(8)7(10)11/h2-6,12-13H,1H3,(H,10,11). The fraction of sp³-hybridized carbons (Fsp3) is 0.375. The minimum Gasteiger partial charge on any atom is -0.481 e. The van der Waals surface area contributed by atoms with Gasteiger partial charge in [-0.25, -0.2) is 0 Å². The maximum absolute atomic E-state index is 10.8. The molecule has 70 valence electrons. The van der Waals surface area contributed by atoms with E-state index in [1.807, 2.05) is 0 Å². The van der Waals surface area contributed by atoms with Crippen molar-refractivity contribution >= 4 is 13.1 Å². The number of aliphatic carboxylic acids is 1. The lowest BCUT2D eigenvalue weighted by atomic mass is 9.51. The zero-order chi connectivity index (χ0) is 10.1. The lowest BCUT2D eigenvalue weighted by Gasteiger charge is -2.31. The van der Waals surface area contributed by atoms with Gasteiger partial charge in [-0.15, -0.1) is 0 Å². The molecule has 0 amide bonds.